The molecule has 1 N–H and O–H groups in total. The maximum absolute atomic E-state index is 12.2. The van der Waals surface area contributed by atoms with E-state index in [-0.39, 0.29) is 22.0 Å². The molecule has 0 saturated carbocycles. The van der Waals surface area contributed by atoms with Gasteiger partial charge in [0.15, 0.2) is 0 Å². The first-order chi connectivity index (χ1) is 10.8. The van der Waals surface area contributed by atoms with Crippen LogP contribution >= 0.6 is 11.6 Å². The molecule has 2 aromatic rings. The summed E-state index contributed by atoms with van der Waals surface area (Å²) in [7, 11) is 0. The molecule has 2 aromatic carbocycles. The van der Waals surface area contributed by atoms with Crippen LogP contribution in [0.2, 0.25) is 5.02 Å². The molecule has 0 saturated heterocycles. The molecule has 2 rings (SSSR count). The number of nitro benzene ring substituents is 2. The van der Waals surface area contributed by atoms with Crippen molar-refractivity contribution in [2.24, 2.45) is 0 Å². The molecular formula is C14H10ClN3O5. The molecule has 23 heavy (non-hydrogen) atoms. The Morgan fingerprint density at radius 1 is 1.04 bits per heavy atom. The van der Waals surface area contributed by atoms with Gasteiger partial charge in [-0.05, 0) is 25.1 Å². The van der Waals surface area contributed by atoms with E-state index in [2.05, 4.69) is 5.32 Å². The summed E-state index contributed by atoms with van der Waals surface area (Å²) < 4.78 is 0. The lowest BCUT2D eigenvalue weighted by Crippen LogP contribution is -2.14. The number of hydrogen-bond donors (Lipinski definition) is 1. The number of rotatable bonds is 4. The topological polar surface area (TPSA) is 115 Å². The Morgan fingerprint density at radius 3 is 2.30 bits per heavy atom. The highest BCUT2D eigenvalue weighted by Crippen LogP contribution is 2.26. The smallest absolute Gasteiger partial charge is 0.283 e. The lowest BCUT2D eigenvalue weighted by molar-refractivity contribution is -0.385. The molecule has 8 nitrogen and oxygen atoms in total. The zero-order valence-corrected chi connectivity index (χ0v) is 12.5. The number of anilines is 1. The summed E-state index contributed by atoms with van der Waals surface area (Å²) in [5.74, 6) is -0.758. The lowest BCUT2D eigenvalue weighted by atomic mass is 10.1. The normalized spacial score (nSPS) is 10.2. The fourth-order valence-electron chi connectivity index (χ4n) is 1.93. The van der Waals surface area contributed by atoms with Gasteiger partial charge in [-0.3, -0.25) is 25.0 Å². The van der Waals surface area contributed by atoms with Crippen molar-refractivity contribution >= 4 is 34.6 Å². The first-order valence-electron chi connectivity index (χ1n) is 6.30. The molecule has 9 heteroatoms. The van der Waals surface area contributed by atoms with Crippen LogP contribution < -0.4 is 5.32 Å². The SMILES string of the molecule is Cc1ccc(NC(=O)c2ccc(Cl)cc2[N+](=O)[O-])cc1[N+](=O)[O-]. The van der Waals surface area contributed by atoms with Gasteiger partial charge in [-0.1, -0.05) is 17.7 Å². The van der Waals surface area contributed by atoms with Crippen molar-refractivity contribution in [3.63, 3.8) is 0 Å². The van der Waals surface area contributed by atoms with E-state index < -0.39 is 21.4 Å². The zero-order valence-electron chi connectivity index (χ0n) is 11.8. The molecule has 0 radical (unpaired) electrons. The predicted molar refractivity (Wildman–Crippen MR) is 83.9 cm³/mol. The molecule has 1 amide bonds. The summed E-state index contributed by atoms with van der Waals surface area (Å²) in [5, 5.41) is 24.4. The van der Waals surface area contributed by atoms with Crippen molar-refractivity contribution in [1.29, 1.82) is 0 Å². The van der Waals surface area contributed by atoms with Crippen LogP contribution in [0.3, 0.4) is 0 Å². The summed E-state index contributed by atoms with van der Waals surface area (Å²) in [4.78, 5) is 32.8. The number of aryl methyl sites for hydroxylation is 1. The fraction of sp³-hybridized carbons (Fsp3) is 0.0714. The van der Waals surface area contributed by atoms with Crippen LogP contribution in [0.4, 0.5) is 17.1 Å². The Morgan fingerprint density at radius 2 is 1.70 bits per heavy atom. The monoisotopic (exact) mass is 335 g/mol. The van der Waals surface area contributed by atoms with Crippen LogP contribution in [0.1, 0.15) is 15.9 Å². The Labute approximate surface area is 135 Å². The highest BCUT2D eigenvalue weighted by atomic mass is 35.5. The summed E-state index contributed by atoms with van der Waals surface area (Å²) >= 11 is 5.69. The average molecular weight is 336 g/mol. The quantitative estimate of drug-likeness (QED) is 0.675. The molecule has 0 bridgehead atoms. The van der Waals surface area contributed by atoms with Crippen molar-refractivity contribution in [1.82, 2.24) is 0 Å². The van der Waals surface area contributed by atoms with E-state index in [1.165, 1.54) is 30.3 Å². The number of nitrogens with one attached hydrogen (secondary N) is 1. The predicted octanol–water partition coefficient (Wildman–Crippen LogP) is 3.72. The van der Waals surface area contributed by atoms with Gasteiger partial charge >= 0.3 is 0 Å². The van der Waals surface area contributed by atoms with Crippen LogP contribution in [0.15, 0.2) is 36.4 Å². The number of halogens is 1. The second-order valence-corrected chi connectivity index (χ2v) is 5.07. The van der Waals surface area contributed by atoms with E-state index in [1.807, 2.05) is 0 Å². The number of benzene rings is 2. The summed E-state index contributed by atoms with van der Waals surface area (Å²) in [6.07, 6.45) is 0. The maximum atomic E-state index is 12.2. The van der Waals surface area contributed by atoms with Gasteiger partial charge in [0.25, 0.3) is 17.3 Å². The average Bonchev–Trinajstić information content (AvgIpc) is 2.48. The molecule has 0 atom stereocenters. The van der Waals surface area contributed by atoms with Gasteiger partial charge in [-0.2, -0.15) is 0 Å². The molecule has 0 fully saturated rings. The molecule has 0 aliphatic rings. The van der Waals surface area contributed by atoms with Crippen LogP contribution in [-0.2, 0) is 0 Å². The zero-order chi connectivity index (χ0) is 17.1. The number of hydrogen-bond acceptors (Lipinski definition) is 5. The fourth-order valence-corrected chi connectivity index (χ4v) is 2.10. The highest BCUT2D eigenvalue weighted by Gasteiger charge is 2.21. The molecule has 118 valence electrons. The number of carbonyl (C=O) groups is 1. The van der Waals surface area contributed by atoms with Crippen molar-refractivity contribution < 1.29 is 14.6 Å². The minimum Gasteiger partial charge on any atom is -0.322 e. The van der Waals surface area contributed by atoms with E-state index in [9.17, 15) is 25.0 Å². The van der Waals surface area contributed by atoms with Gasteiger partial charge in [0, 0.05) is 28.4 Å². The van der Waals surface area contributed by atoms with Gasteiger partial charge in [-0.25, -0.2) is 0 Å². The van der Waals surface area contributed by atoms with E-state index >= 15 is 0 Å². The lowest BCUT2D eigenvalue weighted by Gasteiger charge is -2.07. The second-order valence-electron chi connectivity index (χ2n) is 4.63. The van der Waals surface area contributed by atoms with E-state index in [1.54, 1.807) is 6.92 Å². The van der Waals surface area contributed by atoms with Crippen molar-refractivity contribution in [3.05, 3.63) is 72.8 Å². The molecule has 0 aliphatic carbocycles. The summed E-state index contributed by atoms with van der Waals surface area (Å²) in [6.45, 7) is 1.56. The first kappa shape index (κ1) is 16.4. The molecular weight excluding hydrogens is 326 g/mol. The number of nitrogens with zero attached hydrogens (tertiary/aromatic N) is 2. The molecule has 0 unspecified atom stereocenters. The van der Waals surface area contributed by atoms with Crippen LogP contribution in [0.5, 0.6) is 0 Å². The second kappa shape index (κ2) is 6.41. The largest absolute Gasteiger partial charge is 0.322 e. The number of carbonyl (C=O) groups excluding carboxylic acids is 1. The van der Waals surface area contributed by atoms with E-state index in [4.69, 9.17) is 11.6 Å². The van der Waals surface area contributed by atoms with Gasteiger partial charge in [0.2, 0.25) is 0 Å². The Bertz CT molecular complexity index is 822. The third-order valence-corrected chi connectivity index (χ3v) is 3.30. The Kier molecular flexibility index (Phi) is 4.56. The van der Waals surface area contributed by atoms with Crippen molar-refractivity contribution in [2.45, 2.75) is 6.92 Å². The standard InChI is InChI=1S/C14H10ClN3O5/c1-8-2-4-10(7-12(8)17(20)21)16-14(19)11-5-3-9(15)6-13(11)18(22)23/h2-7H,1H3,(H,16,19). The van der Waals surface area contributed by atoms with Gasteiger partial charge in [-0.15, -0.1) is 0 Å². The third kappa shape index (κ3) is 3.61. The Hall–Kier alpha value is -3.00. The molecule has 0 aliphatic heterocycles. The van der Waals surface area contributed by atoms with Crippen molar-refractivity contribution in [2.75, 3.05) is 5.32 Å². The van der Waals surface area contributed by atoms with Gasteiger partial charge in [0.05, 0.1) is 9.85 Å². The Balaban J connectivity index is 2.35. The molecule has 0 heterocycles. The number of amides is 1. The molecule has 0 aromatic heterocycles. The highest BCUT2D eigenvalue weighted by molar-refractivity contribution is 6.31. The minimum atomic E-state index is -0.758. The first-order valence-corrected chi connectivity index (χ1v) is 6.67. The minimum absolute atomic E-state index is 0.124. The summed E-state index contributed by atoms with van der Waals surface area (Å²) in [5.41, 5.74) is -0.199. The van der Waals surface area contributed by atoms with Crippen molar-refractivity contribution in [3.8, 4) is 0 Å². The van der Waals surface area contributed by atoms with Gasteiger partial charge in [0.1, 0.15) is 5.56 Å². The number of nitro groups is 2. The van der Waals surface area contributed by atoms with E-state index in [0.29, 0.717) is 5.56 Å². The maximum Gasteiger partial charge on any atom is 0.283 e. The van der Waals surface area contributed by atoms with Crippen LogP contribution in [0.25, 0.3) is 0 Å². The third-order valence-electron chi connectivity index (χ3n) is 3.06. The van der Waals surface area contributed by atoms with Crippen LogP contribution in [0, 0.1) is 27.2 Å². The molecule has 0 spiro atoms. The van der Waals surface area contributed by atoms with E-state index in [0.717, 1.165) is 6.07 Å². The van der Waals surface area contributed by atoms with Crippen LogP contribution in [-0.4, -0.2) is 15.8 Å². The van der Waals surface area contributed by atoms with Gasteiger partial charge < -0.3 is 5.32 Å². The summed E-state index contributed by atoms with van der Waals surface area (Å²) in [6, 6.07) is 7.77.